The molecular formula is C14H17N3O5S. The van der Waals surface area contributed by atoms with Crippen LogP contribution in [0.1, 0.15) is 11.3 Å². The number of benzene rings is 1. The second kappa shape index (κ2) is 6.69. The fourth-order valence-electron chi connectivity index (χ4n) is 1.92. The molecule has 1 amide bonds. The van der Waals surface area contributed by atoms with Crippen LogP contribution in [0, 0.1) is 6.92 Å². The molecule has 23 heavy (non-hydrogen) atoms. The van der Waals surface area contributed by atoms with Crippen LogP contribution in [0.25, 0.3) is 0 Å². The Morgan fingerprint density at radius 2 is 2.00 bits per heavy atom. The summed E-state index contributed by atoms with van der Waals surface area (Å²) in [4.78, 5) is 12.7. The minimum Gasteiger partial charge on any atom is -0.453 e. The van der Waals surface area contributed by atoms with Crippen molar-refractivity contribution in [2.45, 2.75) is 18.4 Å². The van der Waals surface area contributed by atoms with E-state index in [9.17, 15) is 13.2 Å². The number of nitrogens with zero attached hydrogens (tertiary/aromatic N) is 2. The fourth-order valence-corrected chi connectivity index (χ4v) is 3.08. The molecule has 1 aromatic heterocycles. The van der Waals surface area contributed by atoms with E-state index in [1.807, 2.05) is 0 Å². The lowest BCUT2D eigenvalue weighted by Gasteiger charge is -2.15. The van der Waals surface area contributed by atoms with Crippen LogP contribution in [-0.4, -0.2) is 38.7 Å². The predicted octanol–water partition coefficient (Wildman–Crippen LogP) is 1.98. The number of aromatic nitrogens is 1. The van der Waals surface area contributed by atoms with Gasteiger partial charge in [0.25, 0.3) is 10.0 Å². The zero-order valence-electron chi connectivity index (χ0n) is 12.9. The Morgan fingerprint density at radius 1 is 1.35 bits per heavy atom. The molecule has 0 spiro atoms. The van der Waals surface area contributed by atoms with Crippen molar-refractivity contribution in [3.05, 3.63) is 41.8 Å². The minimum atomic E-state index is -3.74. The first-order valence-corrected chi connectivity index (χ1v) is 8.13. The first-order valence-electron chi connectivity index (χ1n) is 6.65. The summed E-state index contributed by atoms with van der Waals surface area (Å²) in [6, 6.07) is 6.66. The fraction of sp³-hybridized carbons (Fsp3) is 0.286. The van der Waals surface area contributed by atoms with E-state index >= 15 is 0 Å². The number of hydrogen-bond donors (Lipinski definition) is 1. The number of carbonyl (C=O) groups excluding carboxylic acids is 1. The lowest BCUT2D eigenvalue weighted by Crippen LogP contribution is -2.25. The smallest absolute Gasteiger partial charge is 0.409 e. The van der Waals surface area contributed by atoms with Crippen LogP contribution in [0.4, 0.5) is 10.5 Å². The van der Waals surface area contributed by atoms with Crippen molar-refractivity contribution in [1.82, 2.24) is 10.1 Å². The van der Waals surface area contributed by atoms with Crippen molar-refractivity contribution in [1.29, 1.82) is 0 Å². The van der Waals surface area contributed by atoms with Crippen LogP contribution in [0.15, 0.2) is 39.9 Å². The molecule has 0 aliphatic heterocycles. The second-order valence-corrected chi connectivity index (χ2v) is 6.54. The van der Waals surface area contributed by atoms with Gasteiger partial charge in [-0.05, 0) is 24.6 Å². The van der Waals surface area contributed by atoms with Crippen LogP contribution in [-0.2, 0) is 21.3 Å². The van der Waals surface area contributed by atoms with Crippen LogP contribution in [0.2, 0.25) is 0 Å². The quantitative estimate of drug-likeness (QED) is 0.894. The van der Waals surface area contributed by atoms with Crippen molar-refractivity contribution in [2.75, 3.05) is 18.9 Å². The maximum atomic E-state index is 12.2. The molecule has 8 nitrogen and oxygen atoms in total. The van der Waals surface area contributed by atoms with Crippen molar-refractivity contribution >= 4 is 21.8 Å². The molecule has 1 N–H and O–H groups in total. The van der Waals surface area contributed by atoms with E-state index in [-0.39, 0.29) is 10.6 Å². The van der Waals surface area contributed by atoms with Crippen molar-refractivity contribution < 1.29 is 22.5 Å². The Morgan fingerprint density at radius 3 is 2.52 bits per heavy atom. The number of aryl methyl sites for hydroxylation is 1. The molecule has 0 atom stereocenters. The Labute approximate surface area is 134 Å². The van der Waals surface area contributed by atoms with Crippen molar-refractivity contribution in [3.63, 3.8) is 0 Å². The molecule has 0 saturated carbocycles. The second-order valence-electron chi connectivity index (χ2n) is 4.89. The van der Waals surface area contributed by atoms with Crippen molar-refractivity contribution in [2.24, 2.45) is 0 Å². The van der Waals surface area contributed by atoms with Gasteiger partial charge in [-0.2, -0.15) is 0 Å². The largest absolute Gasteiger partial charge is 0.453 e. The normalized spacial score (nSPS) is 11.1. The first-order chi connectivity index (χ1) is 10.8. The summed E-state index contributed by atoms with van der Waals surface area (Å²) in [6.45, 7) is 1.90. The molecular weight excluding hydrogens is 322 g/mol. The lowest BCUT2D eigenvalue weighted by atomic mass is 10.2. The third-order valence-corrected chi connectivity index (χ3v) is 4.58. The zero-order valence-corrected chi connectivity index (χ0v) is 13.8. The Hall–Kier alpha value is -2.55. The molecule has 0 radical (unpaired) electrons. The van der Waals surface area contributed by atoms with Gasteiger partial charge in [0.2, 0.25) is 0 Å². The van der Waals surface area contributed by atoms with E-state index in [0.717, 1.165) is 11.8 Å². The average molecular weight is 339 g/mol. The molecule has 9 heteroatoms. The summed E-state index contributed by atoms with van der Waals surface area (Å²) >= 11 is 0. The topological polar surface area (TPSA) is 102 Å². The third kappa shape index (κ3) is 4.01. The molecule has 2 aromatic rings. The Balaban J connectivity index is 2.09. The van der Waals surface area contributed by atoms with E-state index in [0.29, 0.717) is 12.2 Å². The average Bonchev–Trinajstić information content (AvgIpc) is 2.95. The highest BCUT2D eigenvalue weighted by Gasteiger charge is 2.20. The van der Waals surface area contributed by atoms with Gasteiger partial charge in [-0.1, -0.05) is 17.3 Å². The van der Waals surface area contributed by atoms with Gasteiger partial charge >= 0.3 is 6.09 Å². The summed E-state index contributed by atoms with van der Waals surface area (Å²) in [5.74, 6) is 0. The molecule has 1 heterocycles. The van der Waals surface area contributed by atoms with Crippen molar-refractivity contribution in [3.8, 4) is 0 Å². The van der Waals surface area contributed by atoms with E-state index in [2.05, 4.69) is 19.1 Å². The molecule has 0 unspecified atom stereocenters. The van der Waals surface area contributed by atoms with Gasteiger partial charge in [0, 0.05) is 19.3 Å². The maximum Gasteiger partial charge on any atom is 0.409 e. The van der Waals surface area contributed by atoms with Gasteiger partial charge in [-0.25, -0.2) is 13.2 Å². The Bertz CT molecular complexity index is 783. The molecule has 1 aromatic carbocycles. The number of rotatable bonds is 5. The molecule has 124 valence electrons. The molecule has 0 saturated heterocycles. The highest BCUT2D eigenvalue weighted by Crippen LogP contribution is 2.19. The number of methoxy groups -OCH3 is 1. The molecule has 2 rings (SSSR count). The van der Waals surface area contributed by atoms with E-state index in [1.54, 1.807) is 38.2 Å². The summed E-state index contributed by atoms with van der Waals surface area (Å²) < 4.78 is 36.1. The number of carbonyl (C=O) groups is 1. The number of nitrogens with one attached hydrogen (secondary N) is 1. The van der Waals surface area contributed by atoms with Crippen LogP contribution in [0.5, 0.6) is 0 Å². The summed E-state index contributed by atoms with van der Waals surface area (Å²) in [5.41, 5.74) is 1.52. The predicted molar refractivity (Wildman–Crippen MR) is 82.4 cm³/mol. The van der Waals surface area contributed by atoms with Crippen LogP contribution in [0.3, 0.4) is 0 Å². The van der Waals surface area contributed by atoms with Gasteiger partial charge in [0.15, 0.2) is 0 Å². The summed E-state index contributed by atoms with van der Waals surface area (Å²) in [5, 5.41) is 3.55. The lowest BCUT2D eigenvalue weighted by molar-refractivity contribution is 0.131. The highest BCUT2D eigenvalue weighted by atomic mass is 32.2. The minimum absolute atomic E-state index is 0.00741. The molecule has 0 aliphatic carbocycles. The zero-order chi connectivity index (χ0) is 17.0. The van der Waals surface area contributed by atoms with Crippen LogP contribution < -0.4 is 4.72 Å². The van der Waals surface area contributed by atoms with Gasteiger partial charge in [-0.15, -0.1) is 0 Å². The van der Waals surface area contributed by atoms with E-state index in [1.165, 1.54) is 12.0 Å². The number of ether oxygens (including phenoxy) is 1. The Kier molecular flexibility index (Phi) is 4.89. The van der Waals surface area contributed by atoms with Gasteiger partial charge in [0.1, 0.15) is 16.9 Å². The first kappa shape index (κ1) is 16.8. The summed E-state index contributed by atoms with van der Waals surface area (Å²) in [7, 11) is -0.828. The molecule has 0 bridgehead atoms. The number of sulfonamides is 1. The number of anilines is 1. The van der Waals surface area contributed by atoms with Gasteiger partial charge in [-0.3, -0.25) is 4.72 Å². The van der Waals surface area contributed by atoms with E-state index in [4.69, 9.17) is 0 Å². The highest BCUT2D eigenvalue weighted by molar-refractivity contribution is 7.92. The number of amides is 1. The summed E-state index contributed by atoms with van der Waals surface area (Å²) in [6.07, 6.45) is 0.634. The standard InChI is InChI=1S/C14H17N3O5S/c1-10-13(9-22-15-10)23(19,20)16-12-6-4-11(5-7-12)8-17(2)14(18)21-3/h4-7,9,16H,8H2,1-3H3. The molecule has 0 aliphatic rings. The van der Waals surface area contributed by atoms with Crippen LogP contribution >= 0.6 is 0 Å². The maximum absolute atomic E-state index is 12.2. The monoisotopic (exact) mass is 339 g/mol. The van der Waals surface area contributed by atoms with Gasteiger partial charge in [0.05, 0.1) is 7.11 Å². The molecule has 0 fully saturated rings. The van der Waals surface area contributed by atoms with E-state index < -0.39 is 16.1 Å². The van der Waals surface area contributed by atoms with Gasteiger partial charge < -0.3 is 14.2 Å². The number of hydrogen-bond acceptors (Lipinski definition) is 6. The SMILES string of the molecule is COC(=O)N(C)Cc1ccc(NS(=O)(=O)c2conc2C)cc1. The third-order valence-electron chi connectivity index (χ3n) is 3.11.